The van der Waals surface area contributed by atoms with Crippen molar-refractivity contribution in [3.63, 3.8) is 0 Å². The summed E-state index contributed by atoms with van der Waals surface area (Å²) in [6, 6.07) is 1.09. The molecule has 9 N–H and O–H groups in total. The van der Waals surface area contributed by atoms with Crippen molar-refractivity contribution in [1.82, 2.24) is 25.9 Å². The van der Waals surface area contributed by atoms with Crippen LogP contribution in [0.2, 0.25) is 0 Å². The van der Waals surface area contributed by atoms with E-state index in [1.807, 2.05) is 0 Å². The van der Waals surface area contributed by atoms with Crippen molar-refractivity contribution < 1.29 is 39.3 Å². The van der Waals surface area contributed by atoms with Gasteiger partial charge in [0.15, 0.2) is 0 Å². The first kappa shape index (κ1) is 28.8. The van der Waals surface area contributed by atoms with E-state index in [1.165, 1.54) is 31.6 Å². The summed E-state index contributed by atoms with van der Waals surface area (Å²) >= 11 is 0. The number of H-pyrrole nitrogens is 1. The van der Waals surface area contributed by atoms with Crippen molar-refractivity contribution in [2.24, 2.45) is 5.73 Å². The Hall–Kier alpha value is -4.46. The molecule has 4 atom stereocenters. The van der Waals surface area contributed by atoms with Crippen LogP contribution >= 0.6 is 0 Å². The number of aliphatic carboxylic acids is 2. The number of phenols is 1. The number of carbonyl (C=O) groups excluding carboxylic acids is 3. The summed E-state index contributed by atoms with van der Waals surface area (Å²) in [6.07, 6.45) is 2.26. The van der Waals surface area contributed by atoms with Crippen LogP contribution in [0.4, 0.5) is 0 Å². The van der Waals surface area contributed by atoms with E-state index in [2.05, 4.69) is 25.9 Å². The Morgan fingerprint density at radius 2 is 1.59 bits per heavy atom. The molecule has 1 aromatic heterocycles. The van der Waals surface area contributed by atoms with Crippen LogP contribution < -0.4 is 21.7 Å². The number of amides is 3. The highest BCUT2D eigenvalue weighted by atomic mass is 16.4. The summed E-state index contributed by atoms with van der Waals surface area (Å²) < 4.78 is 0. The van der Waals surface area contributed by atoms with E-state index in [0.717, 1.165) is 0 Å². The summed E-state index contributed by atoms with van der Waals surface area (Å²) in [5.74, 6) is -4.86. The number of carboxylic acid groups (broad SMARTS) is 2. The van der Waals surface area contributed by atoms with E-state index in [4.69, 9.17) is 10.8 Å². The molecule has 4 unspecified atom stereocenters. The number of nitrogens with two attached hydrogens (primary N) is 1. The number of hydrogen-bond acceptors (Lipinski definition) is 8. The van der Waals surface area contributed by atoms with Crippen LogP contribution in [0, 0.1) is 0 Å². The molecule has 0 spiro atoms. The summed E-state index contributed by atoms with van der Waals surface area (Å²) in [6.45, 7) is 1.31. The van der Waals surface area contributed by atoms with Crippen molar-refractivity contribution in [2.45, 2.75) is 56.8 Å². The van der Waals surface area contributed by atoms with Crippen molar-refractivity contribution >= 4 is 29.7 Å². The highest BCUT2D eigenvalue weighted by Crippen LogP contribution is 2.12. The van der Waals surface area contributed by atoms with E-state index < -0.39 is 60.2 Å². The Morgan fingerprint density at radius 1 is 0.946 bits per heavy atom. The summed E-state index contributed by atoms with van der Waals surface area (Å²) in [5.41, 5.74) is 7.18. The number of rotatable bonds is 14. The second-order valence-electron chi connectivity index (χ2n) is 8.38. The number of aromatic amines is 1. The largest absolute Gasteiger partial charge is 0.508 e. The molecule has 0 saturated carbocycles. The maximum Gasteiger partial charge on any atom is 0.326 e. The molecule has 3 amide bonds. The molecule has 0 bridgehead atoms. The zero-order chi connectivity index (χ0) is 27.5. The zero-order valence-electron chi connectivity index (χ0n) is 20.0. The number of aromatic nitrogens is 2. The van der Waals surface area contributed by atoms with Crippen molar-refractivity contribution in [2.75, 3.05) is 0 Å². The molecule has 200 valence electrons. The second kappa shape index (κ2) is 13.6. The molecular formula is C23H30N6O8. The first-order valence-corrected chi connectivity index (χ1v) is 11.3. The molecule has 2 aromatic rings. The topological polar surface area (TPSA) is 237 Å². The molecule has 37 heavy (non-hydrogen) atoms. The maximum atomic E-state index is 13.0. The average Bonchev–Trinajstić information content (AvgIpc) is 3.34. The van der Waals surface area contributed by atoms with Gasteiger partial charge in [-0.3, -0.25) is 19.2 Å². The Bertz CT molecular complexity index is 1090. The van der Waals surface area contributed by atoms with Gasteiger partial charge in [0.1, 0.15) is 23.9 Å². The van der Waals surface area contributed by atoms with Crippen LogP contribution in [0.1, 0.15) is 31.0 Å². The van der Waals surface area contributed by atoms with Crippen LogP contribution in [0.5, 0.6) is 5.75 Å². The Balaban J connectivity index is 2.08. The lowest BCUT2D eigenvalue weighted by molar-refractivity contribution is -0.143. The van der Waals surface area contributed by atoms with E-state index in [0.29, 0.717) is 11.3 Å². The molecule has 0 aliphatic carbocycles. The summed E-state index contributed by atoms with van der Waals surface area (Å²) in [4.78, 5) is 67.0. The number of imidazole rings is 1. The van der Waals surface area contributed by atoms with Crippen molar-refractivity contribution in [1.29, 1.82) is 0 Å². The molecule has 0 aliphatic rings. The molecule has 14 heteroatoms. The first-order chi connectivity index (χ1) is 17.5. The van der Waals surface area contributed by atoms with Gasteiger partial charge in [0.25, 0.3) is 0 Å². The normalized spacial score (nSPS) is 14.0. The zero-order valence-corrected chi connectivity index (χ0v) is 20.0. The standard InChI is InChI=1S/C23H30N6O8/c1-12(20(33)28-17(23(36)37)6-7-19(31)32)27-22(35)18(8-13-2-4-15(30)5-3-13)29-21(34)16(24)9-14-10-25-11-26-14/h2-5,10-12,16-18,30H,6-9,24H2,1H3,(H,25,26)(H,27,35)(H,28,33)(H,29,34)(H,31,32)(H,36,37). The number of nitrogens with zero attached hydrogens (tertiary/aromatic N) is 1. The molecule has 0 radical (unpaired) electrons. The minimum absolute atomic E-state index is 0.000662. The van der Waals surface area contributed by atoms with Gasteiger partial charge in [-0.1, -0.05) is 12.1 Å². The third-order valence-corrected chi connectivity index (χ3v) is 5.35. The second-order valence-corrected chi connectivity index (χ2v) is 8.38. The SMILES string of the molecule is CC(NC(=O)C(Cc1ccc(O)cc1)NC(=O)C(N)Cc1cnc[nH]1)C(=O)NC(CCC(=O)O)C(=O)O. The van der Waals surface area contributed by atoms with Gasteiger partial charge < -0.3 is 42.0 Å². The molecule has 1 aromatic carbocycles. The molecule has 2 rings (SSSR count). The molecule has 0 saturated heterocycles. The van der Waals surface area contributed by atoms with Gasteiger partial charge in [-0.05, 0) is 31.0 Å². The van der Waals surface area contributed by atoms with E-state index in [9.17, 15) is 34.2 Å². The Labute approximate surface area is 211 Å². The van der Waals surface area contributed by atoms with E-state index >= 15 is 0 Å². The van der Waals surface area contributed by atoms with Crippen LogP contribution in [-0.2, 0) is 36.8 Å². The van der Waals surface area contributed by atoms with E-state index in [-0.39, 0.29) is 25.0 Å². The Morgan fingerprint density at radius 3 is 2.16 bits per heavy atom. The van der Waals surface area contributed by atoms with Gasteiger partial charge in [0.05, 0.1) is 12.4 Å². The third kappa shape index (κ3) is 9.60. The fourth-order valence-electron chi connectivity index (χ4n) is 3.28. The lowest BCUT2D eigenvalue weighted by atomic mass is 10.0. The van der Waals surface area contributed by atoms with Gasteiger partial charge in [-0.15, -0.1) is 0 Å². The van der Waals surface area contributed by atoms with E-state index in [1.54, 1.807) is 12.1 Å². The number of carbonyl (C=O) groups is 5. The van der Waals surface area contributed by atoms with Gasteiger partial charge in [-0.2, -0.15) is 0 Å². The number of hydrogen-bond donors (Lipinski definition) is 8. The van der Waals surface area contributed by atoms with Crippen LogP contribution in [0.3, 0.4) is 0 Å². The summed E-state index contributed by atoms with van der Waals surface area (Å²) in [5, 5.41) is 34.7. The number of benzene rings is 1. The average molecular weight is 519 g/mol. The number of carboxylic acids is 2. The highest BCUT2D eigenvalue weighted by molar-refractivity contribution is 5.94. The lowest BCUT2D eigenvalue weighted by Crippen LogP contribution is -2.57. The maximum absolute atomic E-state index is 13.0. The molecular weight excluding hydrogens is 488 g/mol. The van der Waals surface area contributed by atoms with Crippen LogP contribution in [-0.4, -0.2) is 79.1 Å². The smallest absolute Gasteiger partial charge is 0.326 e. The number of aromatic hydroxyl groups is 1. The number of nitrogens with one attached hydrogen (secondary N) is 4. The highest BCUT2D eigenvalue weighted by Gasteiger charge is 2.29. The van der Waals surface area contributed by atoms with Crippen LogP contribution in [0.15, 0.2) is 36.8 Å². The lowest BCUT2D eigenvalue weighted by Gasteiger charge is -2.23. The fourth-order valence-corrected chi connectivity index (χ4v) is 3.28. The van der Waals surface area contributed by atoms with Crippen molar-refractivity contribution in [3.05, 3.63) is 48.0 Å². The van der Waals surface area contributed by atoms with Gasteiger partial charge in [0, 0.05) is 31.2 Å². The molecule has 1 heterocycles. The van der Waals surface area contributed by atoms with Crippen LogP contribution in [0.25, 0.3) is 0 Å². The first-order valence-electron chi connectivity index (χ1n) is 11.3. The van der Waals surface area contributed by atoms with Gasteiger partial charge in [-0.25, -0.2) is 9.78 Å². The minimum atomic E-state index is -1.46. The number of phenolic OH excluding ortho intramolecular Hbond substituents is 1. The predicted molar refractivity (Wildman–Crippen MR) is 128 cm³/mol. The van der Waals surface area contributed by atoms with Gasteiger partial charge >= 0.3 is 11.9 Å². The molecule has 14 nitrogen and oxygen atoms in total. The third-order valence-electron chi connectivity index (χ3n) is 5.35. The quantitative estimate of drug-likeness (QED) is 0.146. The molecule has 0 fully saturated rings. The Kier molecular flexibility index (Phi) is 10.6. The predicted octanol–water partition coefficient (Wildman–Crippen LogP) is -1.35. The minimum Gasteiger partial charge on any atom is -0.508 e. The van der Waals surface area contributed by atoms with Gasteiger partial charge in [0.2, 0.25) is 17.7 Å². The monoisotopic (exact) mass is 518 g/mol. The summed E-state index contributed by atoms with van der Waals surface area (Å²) in [7, 11) is 0. The van der Waals surface area contributed by atoms with Crippen molar-refractivity contribution in [3.8, 4) is 5.75 Å². The molecule has 0 aliphatic heterocycles. The fraction of sp³-hybridized carbons (Fsp3) is 0.391.